The fraction of sp³-hybridized carbons (Fsp3) is 0.118. The largest absolute Gasteiger partial charge is 0.508 e. The van der Waals surface area contributed by atoms with Crippen LogP contribution in [0.4, 0.5) is 0 Å². The average molecular weight is 266 g/mol. The molecule has 0 saturated carbocycles. The molecule has 20 heavy (non-hydrogen) atoms. The number of aryl methyl sites for hydroxylation is 1. The average Bonchev–Trinajstić information content (AvgIpc) is 2.49. The smallest absolute Gasteiger partial charge is 0.150 e. The van der Waals surface area contributed by atoms with Crippen LogP contribution >= 0.6 is 0 Å². The Labute approximate surface area is 117 Å². The lowest BCUT2D eigenvalue weighted by Gasteiger charge is -2.17. The third-order valence-electron chi connectivity index (χ3n) is 3.35. The predicted molar refractivity (Wildman–Crippen MR) is 76.9 cm³/mol. The van der Waals surface area contributed by atoms with E-state index in [0.29, 0.717) is 11.3 Å². The van der Waals surface area contributed by atoms with Gasteiger partial charge in [0.25, 0.3) is 0 Å². The summed E-state index contributed by atoms with van der Waals surface area (Å²) in [6, 6.07) is 12.4. The van der Waals surface area contributed by atoms with E-state index < -0.39 is 0 Å². The number of hydrogen-bond acceptors (Lipinski definition) is 3. The van der Waals surface area contributed by atoms with Gasteiger partial charge in [-0.05, 0) is 54.0 Å². The molecule has 0 bridgehead atoms. The van der Waals surface area contributed by atoms with Crippen molar-refractivity contribution in [2.75, 3.05) is 0 Å². The van der Waals surface area contributed by atoms with Crippen molar-refractivity contribution in [3.63, 3.8) is 0 Å². The first-order valence-corrected chi connectivity index (χ1v) is 6.50. The number of ether oxygens (including phenoxy) is 1. The minimum Gasteiger partial charge on any atom is -0.508 e. The fourth-order valence-electron chi connectivity index (χ4n) is 2.31. The number of benzene rings is 2. The maximum atomic E-state index is 10.8. The molecule has 1 N–H and O–H groups in total. The number of phenols is 1. The van der Waals surface area contributed by atoms with Gasteiger partial charge in [0.05, 0.1) is 0 Å². The highest BCUT2D eigenvalue weighted by Crippen LogP contribution is 2.27. The molecule has 0 saturated heterocycles. The Morgan fingerprint density at radius 1 is 1.05 bits per heavy atom. The van der Waals surface area contributed by atoms with Gasteiger partial charge in [-0.2, -0.15) is 0 Å². The van der Waals surface area contributed by atoms with Gasteiger partial charge in [-0.15, -0.1) is 0 Å². The zero-order chi connectivity index (χ0) is 13.9. The monoisotopic (exact) mass is 266 g/mol. The Kier molecular flexibility index (Phi) is 3.25. The number of fused-ring (bicyclic) bond motifs is 1. The molecule has 0 spiro atoms. The topological polar surface area (TPSA) is 46.5 Å². The molecular formula is C17H14O3. The summed E-state index contributed by atoms with van der Waals surface area (Å²) in [5.74, 6) is 1.82. The molecule has 3 heteroatoms. The Morgan fingerprint density at radius 3 is 2.60 bits per heavy atom. The van der Waals surface area contributed by atoms with Crippen molar-refractivity contribution < 1.29 is 14.6 Å². The number of phenolic OH excluding ortho intramolecular Hbond substituents is 1. The standard InChI is InChI=1S/C17H14O3/c18-11-12-1-2-14-10-17(6-3-13(14)9-12)20-16-7-4-15(19)5-8-16/h1-2,4-5,7-11,19H,3,6H2. The molecule has 2 aromatic carbocycles. The molecule has 0 fully saturated rings. The van der Waals surface area contributed by atoms with Gasteiger partial charge in [-0.3, -0.25) is 4.79 Å². The lowest BCUT2D eigenvalue weighted by Crippen LogP contribution is -2.05. The number of carbonyl (C=O) groups excluding carboxylic acids is 1. The van der Waals surface area contributed by atoms with E-state index in [0.717, 1.165) is 30.5 Å². The highest BCUT2D eigenvalue weighted by molar-refractivity contribution is 5.76. The van der Waals surface area contributed by atoms with Gasteiger partial charge in [0.15, 0.2) is 0 Å². The van der Waals surface area contributed by atoms with E-state index in [9.17, 15) is 9.90 Å². The first kappa shape index (κ1) is 12.5. The van der Waals surface area contributed by atoms with Gasteiger partial charge in [0, 0.05) is 12.0 Å². The van der Waals surface area contributed by atoms with Crippen molar-refractivity contribution in [3.05, 3.63) is 64.9 Å². The Balaban J connectivity index is 1.83. The SMILES string of the molecule is O=Cc1ccc2c(c1)CCC(Oc1ccc(O)cc1)=C2. The lowest BCUT2D eigenvalue weighted by atomic mass is 9.94. The Hall–Kier alpha value is -2.55. The van der Waals surface area contributed by atoms with Crippen LogP contribution in [0, 0.1) is 0 Å². The van der Waals surface area contributed by atoms with Gasteiger partial charge in [-0.1, -0.05) is 12.1 Å². The number of aromatic hydroxyl groups is 1. The first-order chi connectivity index (χ1) is 9.74. The summed E-state index contributed by atoms with van der Waals surface area (Å²) in [4.78, 5) is 10.8. The molecule has 0 heterocycles. The molecule has 2 aromatic rings. The van der Waals surface area contributed by atoms with Crippen molar-refractivity contribution in [1.82, 2.24) is 0 Å². The quantitative estimate of drug-likeness (QED) is 0.864. The molecule has 0 atom stereocenters. The molecule has 3 nitrogen and oxygen atoms in total. The molecule has 0 aromatic heterocycles. The summed E-state index contributed by atoms with van der Waals surface area (Å²) in [6.07, 6.45) is 4.53. The molecule has 3 rings (SSSR count). The Bertz CT molecular complexity index is 669. The normalized spacial score (nSPS) is 13.3. The van der Waals surface area contributed by atoms with Crippen LogP contribution in [-0.2, 0) is 6.42 Å². The molecule has 100 valence electrons. The molecule has 1 aliphatic rings. The van der Waals surface area contributed by atoms with Crippen LogP contribution in [0.3, 0.4) is 0 Å². The van der Waals surface area contributed by atoms with E-state index in [1.54, 1.807) is 24.3 Å². The van der Waals surface area contributed by atoms with Crippen LogP contribution in [0.5, 0.6) is 11.5 Å². The minimum absolute atomic E-state index is 0.224. The van der Waals surface area contributed by atoms with Crippen LogP contribution in [0.15, 0.2) is 48.2 Å². The van der Waals surface area contributed by atoms with Gasteiger partial charge < -0.3 is 9.84 Å². The minimum atomic E-state index is 0.224. The van der Waals surface area contributed by atoms with E-state index in [4.69, 9.17) is 4.74 Å². The van der Waals surface area contributed by atoms with Crippen molar-refractivity contribution in [3.8, 4) is 11.5 Å². The highest BCUT2D eigenvalue weighted by atomic mass is 16.5. The van der Waals surface area contributed by atoms with Gasteiger partial charge in [0.1, 0.15) is 23.5 Å². The third-order valence-corrected chi connectivity index (χ3v) is 3.35. The zero-order valence-electron chi connectivity index (χ0n) is 10.9. The van der Waals surface area contributed by atoms with Gasteiger partial charge >= 0.3 is 0 Å². The number of aldehydes is 1. The van der Waals surface area contributed by atoms with Crippen molar-refractivity contribution >= 4 is 12.4 Å². The summed E-state index contributed by atoms with van der Waals surface area (Å²) in [5, 5.41) is 9.24. The van der Waals surface area contributed by atoms with Crippen molar-refractivity contribution in [1.29, 1.82) is 0 Å². The summed E-state index contributed by atoms with van der Waals surface area (Å²) in [6.45, 7) is 0. The van der Waals surface area contributed by atoms with Gasteiger partial charge in [0.2, 0.25) is 0 Å². The summed E-state index contributed by atoms with van der Waals surface area (Å²) in [5.41, 5.74) is 2.98. The van der Waals surface area contributed by atoms with Crippen LogP contribution in [-0.4, -0.2) is 11.4 Å². The van der Waals surface area contributed by atoms with E-state index in [-0.39, 0.29) is 5.75 Å². The zero-order valence-corrected chi connectivity index (χ0v) is 10.9. The maximum absolute atomic E-state index is 10.8. The Morgan fingerprint density at radius 2 is 1.85 bits per heavy atom. The molecule has 0 radical (unpaired) electrons. The van der Waals surface area contributed by atoms with Gasteiger partial charge in [-0.25, -0.2) is 0 Å². The number of rotatable bonds is 3. The second-order valence-corrected chi connectivity index (χ2v) is 4.78. The molecule has 0 aliphatic heterocycles. The van der Waals surface area contributed by atoms with E-state index in [2.05, 4.69) is 0 Å². The van der Waals surface area contributed by atoms with E-state index >= 15 is 0 Å². The van der Waals surface area contributed by atoms with Crippen LogP contribution < -0.4 is 4.74 Å². The van der Waals surface area contributed by atoms with Crippen LogP contribution in [0.25, 0.3) is 6.08 Å². The van der Waals surface area contributed by atoms with E-state index in [1.165, 1.54) is 5.56 Å². The van der Waals surface area contributed by atoms with E-state index in [1.807, 2.05) is 24.3 Å². The number of hydrogen-bond donors (Lipinski definition) is 1. The van der Waals surface area contributed by atoms with Crippen LogP contribution in [0.2, 0.25) is 0 Å². The van der Waals surface area contributed by atoms with Crippen molar-refractivity contribution in [2.45, 2.75) is 12.8 Å². The molecular weight excluding hydrogens is 252 g/mol. The fourth-order valence-corrected chi connectivity index (χ4v) is 2.31. The second-order valence-electron chi connectivity index (χ2n) is 4.78. The summed E-state index contributed by atoms with van der Waals surface area (Å²) < 4.78 is 5.80. The predicted octanol–water partition coefficient (Wildman–Crippen LogP) is 3.57. The molecule has 1 aliphatic carbocycles. The molecule has 0 unspecified atom stereocenters. The van der Waals surface area contributed by atoms with Crippen molar-refractivity contribution in [2.24, 2.45) is 0 Å². The second kappa shape index (κ2) is 5.21. The first-order valence-electron chi connectivity index (χ1n) is 6.50. The summed E-state index contributed by atoms with van der Waals surface area (Å²) in [7, 11) is 0. The third kappa shape index (κ3) is 2.57. The van der Waals surface area contributed by atoms with Crippen LogP contribution in [0.1, 0.15) is 27.9 Å². The highest BCUT2D eigenvalue weighted by Gasteiger charge is 2.12. The lowest BCUT2D eigenvalue weighted by molar-refractivity contribution is 0.112. The maximum Gasteiger partial charge on any atom is 0.150 e. The number of allylic oxidation sites excluding steroid dienone is 1. The molecule has 0 amide bonds. The summed E-state index contributed by atoms with van der Waals surface area (Å²) >= 11 is 0. The number of carbonyl (C=O) groups is 1.